The van der Waals surface area contributed by atoms with Crippen molar-refractivity contribution in [1.82, 2.24) is 10.6 Å². The molecule has 6 heteroatoms. The molecule has 0 aromatic heterocycles. The van der Waals surface area contributed by atoms with Gasteiger partial charge in [0.15, 0.2) is 5.75 Å². The minimum atomic E-state index is -0.622. The van der Waals surface area contributed by atoms with Crippen LogP contribution >= 0.6 is 11.6 Å². The lowest BCUT2D eigenvalue weighted by Crippen LogP contribution is -2.32. The van der Waals surface area contributed by atoms with Gasteiger partial charge in [0.25, 0.3) is 0 Å². The molecule has 1 rings (SSSR count). The first-order valence-corrected chi connectivity index (χ1v) is 5.06. The van der Waals surface area contributed by atoms with Crippen molar-refractivity contribution >= 4 is 17.7 Å². The van der Waals surface area contributed by atoms with Crippen molar-refractivity contribution in [3.8, 4) is 5.75 Å². The molecular formula is C10H12ClFN2O2. The molecule has 0 unspecified atom stereocenters. The van der Waals surface area contributed by atoms with Crippen molar-refractivity contribution in [3.63, 3.8) is 0 Å². The van der Waals surface area contributed by atoms with E-state index in [9.17, 15) is 9.18 Å². The van der Waals surface area contributed by atoms with Crippen LogP contribution in [0.4, 0.5) is 9.18 Å². The van der Waals surface area contributed by atoms with Crippen LogP contribution in [-0.4, -0.2) is 26.2 Å². The van der Waals surface area contributed by atoms with Crippen molar-refractivity contribution in [1.29, 1.82) is 0 Å². The van der Waals surface area contributed by atoms with Gasteiger partial charge in [0.1, 0.15) is 5.82 Å². The molecule has 0 heterocycles. The van der Waals surface area contributed by atoms with E-state index in [2.05, 4.69) is 10.6 Å². The van der Waals surface area contributed by atoms with Gasteiger partial charge in [-0.2, -0.15) is 0 Å². The number of ether oxygens (including phenoxy) is 1. The van der Waals surface area contributed by atoms with Crippen molar-refractivity contribution in [3.05, 3.63) is 29.0 Å². The van der Waals surface area contributed by atoms with Crippen LogP contribution in [0, 0.1) is 5.82 Å². The van der Waals surface area contributed by atoms with E-state index in [0.29, 0.717) is 13.1 Å². The molecule has 0 atom stereocenters. The standard InChI is InChI=1S/C10H12ClFN2O2/c1-13-4-5-14-10(15)16-9-3-2-7(12)6-8(9)11/h2-3,6,13H,4-5H2,1H3,(H,14,15). The Labute approximate surface area is 97.7 Å². The van der Waals surface area contributed by atoms with Crippen molar-refractivity contribution in [2.75, 3.05) is 20.1 Å². The fourth-order valence-corrected chi connectivity index (χ4v) is 1.19. The number of rotatable bonds is 4. The minimum absolute atomic E-state index is 0.0590. The average Bonchev–Trinajstić information content (AvgIpc) is 2.23. The van der Waals surface area contributed by atoms with Crippen molar-refractivity contribution < 1.29 is 13.9 Å². The highest BCUT2D eigenvalue weighted by molar-refractivity contribution is 6.32. The maximum absolute atomic E-state index is 12.7. The largest absolute Gasteiger partial charge is 0.412 e. The molecule has 0 fully saturated rings. The Balaban J connectivity index is 2.49. The van der Waals surface area contributed by atoms with Gasteiger partial charge in [0.2, 0.25) is 0 Å². The third-order valence-corrected chi connectivity index (χ3v) is 2.04. The minimum Gasteiger partial charge on any atom is -0.409 e. The molecule has 0 aliphatic carbocycles. The number of halogens is 2. The van der Waals surface area contributed by atoms with Gasteiger partial charge < -0.3 is 15.4 Å². The van der Waals surface area contributed by atoms with Gasteiger partial charge in [-0.15, -0.1) is 0 Å². The zero-order chi connectivity index (χ0) is 12.0. The number of nitrogens with one attached hydrogen (secondary N) is 2. The number of carbonyl (C=O) groups is 1. The second kappa shape index (κ2) is 6.30. The van der Waals surface area contributed by atoms with E-state index in [-0.39, 0.29) is 10.8 Å². The Bertz CT molecular complexity index is 374. The lowest BCUT2D eigenvalue weighted by Gasteiger charge is -2.07. The van der Waals surface area contributed by atoms with Gasteiger partial charge in [0, 0.05) is 13.1 Å². The highest BCUT2D eigenvalue weighted by atomic mass is 35.5. The molecule has 1 aromatic carbocycles. The normalized spacial score (nSPS) is 9.94. The van der Waals surface area contributed by atoms with E-state index in [0.717, 1.165) is 6.07 Å². The maximum atomic E-state index is 12.7. The molecule has 0 bridgehead atoms. The molecule has 1 aromatic rings. The Morgan fingerprint density at radius 2 is 2.25 bits per heavy atom. The third kappa shape index (κ3) is 4.04. The summed E-state index contributed by atoms with van der Waals surface area (Å²) < 4.78 is 17.6. The average molecular weight is 247 g/mol. The summed E-state index contributed by atoms with van der Waals surface area (Å²) in [5.41, 5.74) is 0. The fourth-order valence-electron chi connectivity index (χ4n) is 0.983. The van der Waals surface area contributed by atoms with Crippen LogP contribution in [0.25, 0.3) is 0 Å². The summed E-state index contributed by atoms with van der Waals surface area (Å²) in [6.07, 6.45) is -0.622. The van der Waals surface area contributed by atoms with Crippen molar-refractivity contribution in [2.24, 2.45) is 0 Å². The first-order valence-electron chi connectivity index (χ1n) is 4.69. The molecule has 4 nitrogen and oxygen atoms in total. The van der Waals surface area contributed by atoms with E-state index in [1.54, 1.807) is 7.05 Å². The first kappa shape index (κ1) is 12.7. The molecule has 0 aliphatic heterocycles. The summed E-state index contributed by atoms with van der Waals surface area (Å²) in [6.45, 7) is 1.07. The summed E-state index contributed by atoms with van der Waals surface area (Å²) in [4.78, 5) is 11.2. The van der Waals surface area contributed by atoms with Crippen LogP contribution in [0.5, 0.6) is 5.75 Å². The van der Waals surface area contributed by atoms with Gasteiger partial charge >= 0.3 is 6.09 Å². The van der Waals surface area contributed by atoms with Crippen molar-refractivity contribution in [2.45, 2.75) is 0 Å². The van der Waals surface area contributed by atoms with Gasteiger partial charge in [-0.3, -0.25) is 0 Å². The number of carbonyl (C=O) groups excluding carboxylic acids is 1. The zero-order valence-corrected chi connectivity index (χ0v) is 9.47. The van der Waals surface area contributed by atoms with Crippen LogP contribution in [0.3, 0.4) is 0 Å². The van der Waals surface area contributed by atoms with E-state index in [1.165, 1.54) is 12.1 Å². The number of hydrogen-bond donors (Lipinski definition) is 2. The zero-order valence-electron chi connectivity index (χ0n) is 8.72. The number of amides is 1. The van der Waals surface area contributed by atoms with Crippen LogP contribution in [-0.2, 0) is 0 Å². The van der Waals surface area contributed by atoms with Crippen LogP contribution < -0.4 is 15.4 Å². The van der Waals surface area contributed by atoms with Crippen LogP contribution in [0.15, 0.2) is 18.2 Å². The number of benzene rings is 1. The van der Waals surface area contributed by atoms with Gasteiger partial charge in [-0.25, -0.2) is 9.18 Å². The van der Waals surface area contributed by atoms with Gasteiger partial charge in [-0.05, 0) is 25.2 Å². The Kier molecular flexibility index (Phi) is 5.01. The maximum Gasteiger partial charge on any atom is 0.412 e. The Morgan fingerprint density at radius 3 is 2.88 bits per heavy atom. The molecule has 16 heavy (non-hydrogen) atoms. The number of hydrogen-bond acceptors (Lipinski definition) is 3. The monoisotopic (exact) mass is 246 g/mol. The van der Waals surface area contributed by atoms with Gasteiger partial charge in [-0.1, -0.05) is 11.6 Å². The summed E-state index contributed by atoms with van der Waals surface area (Å²) in [5, 5.41) is 5.42. The van der Waals surface area contributed by atoms with Crippen LogP contribution in [0.1, 0.15) is 0 Å². The topological polar surface area (TPSA) is 50.4 Å². The molecule has 0 aliphatic rings. The Hall–Kier alpha value is -1.33. The highest BCUT2D eigenvalue weighted by Crippen LogP contribution is 2.24. The fraction of sp³-hybridized carbons (Fsp3) is 0.300. The summed E-state index contributed by atoms with van der Waals surface area (Å²) in [5.74, 6) is -0.349. The Morgan fingerprint density at radius 1 is 1.50 bits per heavy atom. The molecule has 1 amide bonds. The third-order valence-electron chi connectivity index (χ3n) is 1.74. The summed E-state index contributed by atoms with van der Waals surface area (Å²) in [7, 11) is 1.77. The summed E-state index contributed by atoms with van der Waals surface area (Å²) >= 11 is 5.68. The summed E-state index contributed by atoms with van der Waals surface area (Å²) in [6, 6.07) is 3.55. The van der Waals surface area contributed by atoms with E-state index < -0.39 is 11.9 Å². The predicted molar refractivity (Wildman–Crippen MR) is 59.4 cm³/mol. The van der Waals surface area contributed by atoms with Crippen LogP contribution in [0.2, 0.25) is 5.02 Å². The second-order valence-electron chi connectivity index (χ2n) is 2.99. The van der Waals surface area contributed by atoms with E-state index in [4.69, 9.17) is 16.3 Å². The molecule has 88 valence electrons. The molecular weight excluding hydrogens is 235 g/mol. The van der Waals surface area contributed by atoms with E-state index >= 15 is 0 Å². The van der Waals surface area contributed by atoms with Gasteiger partial charge in [0.05, 0.1) is 5.02 Å². The molecule has 2 N–H and O–H groups in total. The highest BCUT2D eigenvalue weighted by Gasteiger charge is 2.07. The lowest BCUT2D eigenvalue weighted by atomic mass is 10.3. The molecule has 0 spiro atoms. The second-order valence-corrected chi connectivity index (χ2v) is 3.40. The van der Waals surface area contributed by atoms with E-state index in [1.807, 2.05) is 0 Å². The molecule has 0 radical (unpaired) electrons. The molecule has 0 saturated heterocycles. The number of likely N-dealkylation sites (N-methyl/N-ethyl adjacent to an activating group) is 1. The SMILES string of the molecule is CNCCNC(=O)Oc1ccc(F)cc1Cl. The first-order chi connectivity index (χ1) is 7.63. The lowest BCUT2D eigenvalue weighted by molar-refractivity contribution is 0.200. The smallest absolute Gasteiger partial charge is 0.409 e. The predicted octanol–water partition coefficient (Wildman–Crippen LogP) is 1.79. The quantitative estimate of drug-likeness (QED) is 0.797. The molecule has 0 saturated carbocycles.